The molecule has 0 aromatic carbocycles. The Bertz CT molecular complexity index is 176. The lowest BCUT2D eigenvalue weighted by Crippen LogP contribution is -2.29. The van der Waals surface area contributed by atoms with E-state index in [0.717, 1.165) is 25.3 Å². The maximum Gasteiger partial charge on any atom is 0.219 e. The number of piperidine rings is 1. The van der Waals surface area contributed by atoms with Gasteiger partial charge in [-0.1, -0.05) is 6.92 Å². The quantitative estimate of drug-likeness (QED) is 0.658. The summed E-state index contributed by atoms with van der Waals surface area (Å²) in [6, 6.07) is 0. The van der Waals surface area contributed by atoms with Crippen LogP contribution in [0.3, 0.4) is 0 Å². The van der Waals surface area contributed by atoms with Crippen LogP contribution in [0.1, 0.15) is 45.4 Å². The molecule has 0 atom stereocenters. The van der Waals surface area contributed by atoms with E-state index < -0.39 is 0 Å². The molecule has 1 aliphatic heterocycles. The van der Waals surface area contributed by atoms with Crippen LogP contribution in [0.5, 0.6) is 0 Å². The van der Waals surface area contributed by atoms with Crippen LogP contribution in [0.25, 0.3) is 0 Å². The lowest BCUT2D eigenvalue weighted by molar-refractivity contribution is -0.121. The first-order valence-electron chi connectivity index (χ1n) is 6.30. The van der Waals surface area contributed by atoms with Crippen LogP contribution in [0.2, 0.25) is 0 Å². The highest BCUT2D eigenvalue weighted by molar-refractivity contribution is 5.75. The van der Waals surface area contributed by atoms with Gasteiger partial charge in [0.15, 0.2) is 0 Å². The zero-order valence-electron chi connectivity index (χ0n) is 9.85. The van der Waals surface area contributed by atoms with Gasteiger partial charge in [0.25, 0.3) is 0 Å². The molecule has 3 nitrogen and oxygen atoms in total. The predicted octanol–water partition coefficient (Wildman–Crippen LogP) is 1.68. The van der Waals surface area contributed by atoms with Crippen molar-refractivity contribution in [3.05, 3.63) is 0 Å². The summed E-state index contributed by atoms with van der Waals surface area (Å²) in [6.07, 6.45) is 6.65. The number of nitrogens with one attached hydrogen (secondary N) is 2. The maximum atomic E-state index is 11.2. The molecule has 1 fully saturated rings. The third-order valence-electron chi connectivity index (χ3n) is 3.05. The van der Waals surface area contributed by atoms with Crippen LogP contribution in [-0.4, -0.2) is 25.5 Å². The topological polar surface area (TPSA) is 41.1 Å². The molecule has 0 aromatic rings. The lowest BCUT2D eigenvalue weighted by Gasteiger charge is -2.22. The van der Waals surface area contributed by atoms with Crippen molar-refractivity contribution < 1.29 is 4.79 Å². The Morgan fingerprint density at radius 2 is 2.13 bits per heavy atom. The molecule has 2 N–H and O–H groups in total. The number of amides is 1. The molecule has 0 aliphatic carbocycles. The molecular formula is C12H24N2O. The van der Waals surface area contributed by atoms with Gasteiger partial charge in [-0.15, -0.1) is 0 Å². The summed E-state index contributed by atoms with van der Waals surface area (Å²) in [5.41, 5.74) is 0. The van der Waals surface area contributed by atoms with Gasteiger partial charge >= 0.3 is 0 Å². The second-order valence-corrected chi connectivity index (χ2v) is 4.44. The first-order valence-corrected chi connectivity index (χ1v) is 6.30. The Balaban J connectivity index is 1.93. The fourth-order valence-electron chi connectivity index (χ4n) is 2.10. The smallest absolute Gasteiger partial charge is 0.219 e. The maximum absolute atomic E-state index is 11.2. The molecule has 0 unspecified atom stereocenters. The van der Waals surface area contributed by atoms with Gasteiger partial charge in [-0.25, -0.2) is 0 Å². The molecule has 1 saturated heterocycles. The Kier molecular flexibility index (Phi) is 6.41. The number of carbonyl (C=O) groups excluding carboxylic acids is 1. The second kappa shape index (κ2) is 7.69. The third kappa shape index (κ3) is 5.78. The molecule has 15 heavy (non-hydrogen) atoms. The fourth-order valence-corrected chi connectivity index (χ4v) is 2.10. The van der Waals surface area contributed by atoms with Gasteiger partial charge in [-0.3, -0.25) is 4.79 Å². The Morgan fingerprint density at radius 3 is 2.80 bits per heavy atom. The predicted molar refractivity (Wildman–Crippen MR) is 62.7 cm³/mol. The fraction of sp³-hybridized carbons (Fsp3) is 0.917. The Morgan fingerprint density at radius 1 is 1.40 bits per heavy atom. The summed E-state index contributed by atoms with van der Waals surface area (Å²) in [5, 5.41) is 6.34. The van der Waals surface area contributed by atoms with Crippen molar-refractivity contribution in [3.8, 4) is 0 Å². The molecule has 0 aromatic heterocycles. The van der Waals surface area contributed by atoms with Crippen LogP contribution < -0.4 is 10.6 Å². The minimum Gasteiger partial charge on any atom is -0.356 e. The van der Waals surface area contributed by atoms with Gasteiger partial charge in [0, 0.05) is 13.0 Å². The van der Waals surface area contributed by atoms with E-state index in [-0.39, 0.29) is 5.91 Å². The average molecular weight is 212 g/mol. The van der Waals surface area contributed by atoms with E-state index in [2.05, 4.69) is 10.6 Å². The average Bonchev–Trinajstić information content (AvgIpc) is 2.26. The van der Waals surface area contributed by atoms with Crippen molar-refractivity contribution in [2.24, 2.45) is 5.92 Å². The van der Waals surface area contributed by atoms with E-state index in [1.54, 1.807) is 0 Å². The molecule has 0 saturated carbocycles. The standard InChI is InChI=1S/C12H24N2O/c1-2-4-12(15)14-8-3-5-11-6-9-13-10-7-11/h11,13H,2-10H2,1H3,(H,14,15). The van der Waals surface area contributed by atoms with Crippen LogP contribution in [-0.2, 0) is 4.79 Å². The van der Waals surface area contributed by atoms with E-state index in [1.807, 2.05) is 6.92 Å². The highest BCUT2D eigenvalue weighted by atomic mass is 16.1. The zero-order valence-corrected chi connectivity index (χ0v) is 9.85. The van der Waals surface area contributed by atoms with Crippen molar-refractivity contribution in [1.29, 1.82) is 0 Å². The van der Waals surface area contributed by atoms with Gasteiger partial charge in [0.05, 0.1) is 0 Å². The molecular weight excluding hydrogens is 188 g/mol. The SMILES string of the molecule is CCCC(=O)NCCCC1CCNCC1. The molecule has 1 amide bonds. The van der Waals surface area contributed by atoms with Gasteiger partial charge in [0.1, 0.15) is 0 Å². The number of rotatable bonds is 6. The molecule has 0 radical (unpaired) electrons. The van der Waals surface area contributed by atoms with E-state index >= 15 is 0 Å². The summed E-state index contributed by atoms with van der Waals surface area (Å²) in [4.78, 5) is 11.2. The van der Waals surface area contributed by atoms with Crippen LogP contribution in [0, 0.1) is 5.92 Å². The molecule has 0 bridgehead atoms. The molecule has 1 aliphatic rings. The van der Waals surface area contributed by atoms with Crippen molar-refractivity contribution in [1.82, 2.24) is 10.6 Å². The highest BCUT2D eigenvalue weighted by Gasteiger charge is 2.12. The number of hydrogen-bond acceptors (Lipinski definition) is 2. The van der Waals surface area contributed by atoms with Gasteiger partial charge in [-0.2, -0.15) is 0 Å². The first-order chi connectivity index (χ1) is 7.33. The summed E-state index contributed by atoms with van der Waals surface area (Å²) < 4.78 is 0. The summed E-state index contributed by atoms with van der Waals surface area (Å²) in [6.45, 7) is 5.25. The van der Waals surface area contributed by atoms with Crippen LogP contribution in [0.4, 0.5) is 0 Å². The summed E-state index contributed by atoms with van der Waals surface area (Å²) in [7, 11) is 0. The monoisotopic (exact) mass is 212 g/mol. The Labute approximate surface area is 93.0 Å². The largest absolute Gasteiger partial charge is 0.356 e. The lowest BCUT2D eigenvalue weighted by atomic mass is 9.93. The van der Waals surface area contributed by atoms with Crippen LogP contribution in [0.15, 0.2) is 0 Å². The molecule has 0 spiro atoms. The molecule has 1 heterocycles. The molecule has 88 valence electrons. The number of carbonyl (C=O) groups is 1. The minimum atomic E-state index is 0.211. The van der Waals surface area contributed by atoms with Crippen molar-refractivity contribution in [2.45, 2.75) is 45.4 Å². The van der Waals surface area contributed by atoms with Gasteiger partial charge in [-0.05, 0) is 51.1 Å². The highest BCUT2D eigenvalue weighted by Crippen LogP contribution is 2.16. The van der Waals surface area contributed by atoms with Gasteiger partial charge in [0.2, 0.25) is 5.91 Å². The first kappa shape index (κ1) is 12.5. The van der Waals surface area contributed by atoms with E-state index in [9.17, 15) is 4.79 Å². The van der Waals surface area contributed by atoms with Crippen LogP contribution >= 0.6 is 0 Å². The van der Waals surface area contributed by atoms with Crippen molar-refractivity contribution in [3.63, 3.8) is 0 Å². The summed E-state index contributed by atoms with van der Waals surface area (Å²) >= 11 is 0. The molecule has 1 rings (SSSR count). The van der Waals surface area contributed by atoms with Crippen molar-refractivity contribution in [2.75, 3.05) is 19.6 Å². The van der Waals surface area contributed by atoms with Gasteiger partial charge < -0.3 is 10.6 Å². The summed E-state index contributed by atoms with van der Waals surface area (Å²) in [5.74, 6) is 1.09. The minimum absolute atomic E-state index is 0.211. The van der Waals surface area contributed by atoms with Crippen molar-refractivity contribution >= 4 is 5.91 Å². The zero-order chi connectivity index (χ0) is 10.9. The van der Waals surface area contributed by atoms with E-state index in [4.69, 9.17) is 0 Å². The number of hydrogen-bond donors (Lipinski definition) is 2. The Hall–Kier alpha value is -0.570. The van der Waals surface area contributed by atoms with E-state index in [1.165, 1.54) is 32.4 Å². The third-order valence-corrected chi connectivity index (χ3v) is 3.05. The normalized spacial score (nSPS) is 17.7. The second-order valence-electron chi connectivity index (χ2n) is 4.44. The molecule has 3 heteroatoms. The van der Waals surface area contributed by atoms with E-state index in [0.29, 0.717) is 6.42 Å².